The van der Waals surface area contributed by atoms with E-state index in [9.17, 15) is 5.11 Å². The molecule has 2 rings (SSSR count). The molecule has 1 aromatic carbocycles. The summed E-state index contributed by atoms with van der Waals surface area (Å²) >= 11 is 0. The average molecular weight is 321 g/mol. The lowest BCUT2D eigenvalue weighted by molar-refractivity contribution is -0.0236. The molecule has 0 bridgehead atoms. The third kappa shape index (κ3) is 5.63. The van der Waals surface area contributed by atoms with Crippen molar-refractivity contribution in [3.63, 3.8) is 0 Å². The molecule has 0 saturated heterocycles. The fourth-order valence-corrected chi connectivity index (χ4v) is 2.32. The molecule has 0 atom stereocenters. The molecule has 1 saturated carbocycles. The predicted molar refractivity (Wildman–Crippen MR) is 91.3 cm³/mol. The molecule has 1 aliphatic rings. The monoisotopic (exact) mass is 321 g/mol. The number of benzene rings is 1. The molecule has 128 valence electrons. The zero-order valence-electron chi connectivity index (χ0n) is 14.0. The number of ether oxygens (including phenoxy) is 2. The van der Waals surface area contributed by atoms with E-state index in [1.165, 1.54) is 0 Å². The Hall–Kier alpha value is -1.95. The first-order chi connectivity index (χ1) is 11.1. The second kappa shape index (κ2) is 8.62. The van der Waals surface area contributed by atoms with Crippen molar-refractivity contribution in [3.8, 4) is 11.5 Å². The highest BCUT2D eigenvalue weighted by Crippen LogP contribution is 2.31. The van der Waals surface area contributed by atoms with Crippen molar-refractivity contribution in [2.75, 3.05) is 33.4 Å². The number of nitrogens with zero attached hydrogens (tertiary/aromatic N) is 1. The molecule has 1 aromatic rings. The third-order valence-corrected chi connectivity index (χ3v) is 3.88. The standard InChI is InChI=1S/C17H27N3O3/c1-3-18-16(20-13-17(21)9-4-10-17)19-11-12-23-15-7-5-14(22-2)6-8-15/h5-8,21H,3-4,9-13H2,1-2H3,(H2,18,19,20). The number of methoxy groups -OCH3 is 1. The Kier molecular flexibility index (Phi) is 6.52. The van der Waals surface area contributed by atoms with Gasteiger partial charge in [0, 0.05) is 6.54 Å². The van der Waals surface area contributed by atoms with Gasteiger partial charge in [0.15, 0.2) is 5.96 Å². The number of rotatable bonds is 8. The number of nitrogens with one attached hydrogen (secondary N) is 2. The van der Waals surface area contributed by atoms with Crippen LogP contribution in [-0.4, -0.2) is 50.0 Å². The summed E-state index contributed by atoms with van der Waals surface area (Å²) in [6.45, 7) is 4.41. The highest BCUT2D eigenvalue weighted by atomic mass is 16.5. The SMILES string of the molecule is CCNC(=NCC1(O)CCC1)NCCOc1ccc(OC)cc1. The Morgan fingerprint density at radius 3 is 2.48 bits per heavy atom. The van der Waals surface area contributed by atoms with Crippen LogP contribution in [0.4, 0.5) is 0 Å². The number of aliphatic hydroxyl groups is 1. The van der Waals surface area contributed by atoms with E-state index in [0.717, 1.165) is 37.3 Å². The van der Waals surface area contributed by atoms with Crippen molar-refractivity contribution in [1.82, 2.24) is 10.6 Å². The van der Waals surface area contributed by atoms with Gasteiger partial charge in [-0.05, 0) is 50.5 Å². The number of aliphatic imine (C=N–C) groups is 1. The van der Waals surface area contributed by atoms with Crippen LogP contribution in [0.25, 0.3) is 0 Å². The summed E-state index contributed by atoms with van der Waals surface area (Å²) in [4.78, 5) is 4.45. The molecule has 6 nitrogen and oxygen atoms in total. The minimum absolute atomic E-state index is 0.446. The molecule has 1 fully saturated rings. The molecule has 0 heterocycles. The minimum Gasteiger partial charge on any atom is -0.497 e. The van der Waals surface area contributed by atoms with Crippen molar-refractivity contribution in [2.24, 2.45) is 4.99 Å². The molecular weight excluding hydrogens is 294 g/mol. The van der Waals surface area contributed by atoms with E-state index in [0.29, 0.717) is 25.7 Å². The Balaban J connectivity index is 1.71. The van der Waals surface area contributed by atoms with Gasteiger partial charge in [-0.2, -0.15) is 0 Å². The van der Waals surface area contributed by atoms with Gasteiger partial charge in [0.2, 0.25) is 0 Å². The Bertz CT molecular complexity index is 498. The molecule has 0 radical (unpaired) electrons. The summed E-state index contributed by atoms with van der Waals surface area (Å²) in [5.41, 5.74) is -0.595. The van der Waals surface area contributed by atoms with Gasteiger partial charge in [0.05, 0.1) is 25.8 Å². The topological polar surface area (TPSA) is 75.1 Å². The summed E-state index contributed by atoms with van der Waals surface area (Å²) in [7, 11) is 1.64. The molecule has 3 N–H and O–H groups in total. The van der Waals surface area contributed by atoms with E-state index in [1.807, 2.05) is 31.2 Å². The van der Waals surface area contributed by atoms with Gasteiger partial charge in [0.1, 0.15) is 18.1 Å². The summed E-state index contributed by atoms with van der Waals surface area (Å²) in [5.74, 6) is 2.33. The van der Waals surface area contributed by atoms with Crippen molar-refractivity contribution >= 4 is 5.96 Å². The zero-order valence-corrected chi connectivity index (χ0v) is 14.0. The fraction of sp³-hybridized carbons (Fsp3) is 0.588. The molecule has 0 spiro atoms. The van der Waals surface area contributed by atoms with Gasteiger partial charge in [-0.3, -0.25) is 4.99 Å². The van der Waals surface area contributed by atoms with Gasteiger partial charge in [-0.25, -0.2) is 0 Å². The lowest BCUT2D eigenvalue weighted by Crippen LogP contribution is -2.44. The first-order valence-corrected chi connectivity index (χ1v) is 8.16. The number of hydrogen-bond acceptors (Lipinski definition) is 4. The Morgan fingerprint density at radius 1 is 1.22 bits per heavy atom. The smallest absolute Gasteiger partial charge is 0.191 e. The van der Waals surface area contributed by atoms with Gasteiger partial charge in [-0.15, -0.1) is 0 Å². The number of guanidine groups is 1. The molecule has 0 amide bonds. The number of hydrogen-bond donors (Lipinski definition) is 3. The van der Waals surface area contributed by atoms with Crippen LogP contribution >= 0.6 is 0 Å². The van der Waals surface area contributed by atoms with Crippen LogP contribution in [-0.2, 0) is 0 Å². The highest BCUT2D eigenvalue weighted by Gasteiger charge is 2.34. The van der Waals surface area contributed by atoms with Gasteiger partial charge < -0.3 is 25.2 Å². The largest absolute Gasteiger partial charge is 0.497 e. The van der Waals surface area contributed by atoms with Crippen LogP contribution in [0.15, 0.2) is 29.3 Å². The normalized spacial score (nSPS) is 16.4. The van der Waals surface area contributed by atoms with Crippen molar-refractivity contribution < 1.29 is 14.6 Å². The van der Waals surface area contributed by atoms with Crippen LogP contribution in [0.5, 0.6) is 11.5 Å². The zero-order chi connectivity index (χ0) is 16.5. The summed E-state index contributed by atoms with van der Waals surface area (Å²) in [6, 6.07) is 7.50. The fourth-order valence-electron chi connectivity index (χ4n) is 2.32. The maximum absolute atomic E-state index is 10.1. The van der Waals surface area contributed by atoms with Gasteiger partial charge in [-0.1, -0.05) is 0 Å². The van der Waals surface area contributed by atoms with Crippen LogP contribution in [0.3, 0.4) is 0 Å². The second-order valence-corrected chi connectivity index (χ2v) is 5.72. The highest BCUT2D eigenvalue weighted by molar-refractivity contribution is 5.79. The summed E-state index contributed by atoms with van der Waals surface area (Å²) < 4.78 is 10.8. The minimum atomic E-state index is -0.595. The Labute approximate surface area is 137 Å². The van der Waals surface area contributed by atoms with E-state index >= 15 is 0 Å². The Morgan fingerprint density at radius 2 is 1.91 bits per heavy atom. The third-order valence-electron chi connectivity index (χ3n) is 3.88. The van der Waals surface area contributed by atoms with E-state index < -0.39 is 5.60 Å². The summed E-state index contributed by atoms with van der Waals surface area (Å²) in [5, 5.41) is 16.5. The first-order valence-electron chi connectivity index (χ1n) is 8.16. The van der Waals surface area contributed by atoms with E-state index in [2.05, 4.69) is 15.6 Å². The first kappa shape index (κ1) is 17.4. The summed E-state index contributed by atoms with van der Waals surface area (Å²) in [6.07, 6.45) is 2.78. The van der Waals surface area contributed by atoms with Gasteiger partial charge >= 0.3 is 0 Å². The molecule has 1 aliphatic carbocycles. The molecule has 0 aliphatic heterocycles. The van der Waals surface area contributed by atoms with E-state index in [1.54, 1.807) is 7.11 Å². The van der Waals surface area contributed by atoms with Crippen molar-refractivity contribution in [2.45, 2.75) is 31.8 Å². The van der Waals surface area contributed by atoms with E-state index in [-0.39, 0.29) is 0 Å². The average Bonchev–Trinajstić information content (AvgIpc) is 2.55. The van der Waals surface area contributed by atoms with Crippen molar-refractivity contribution in [1.29, 1.82) is 0 Å². The lowest BCUT2D eigenvalue weighted by Gasteiger charge is -2.35. The molecule has 0 aromatic heterocycles. The van der Waals surface area contributed by atoms with Gasteiger partial charge in [0.25, 0.3) is 0 Å². The van der Waals surface area contributed by atoms with Crippen LogP contribution in [0.1, 0.15) is 26.2 Å². The predicted octanol–water partition coefficient (Wildman–Crippen LogP) is 1.54. The quantitative estimate of drug-likeness (QED) is 0.385. The van der Waals surface area contributed by atoms with Crippen LogP contribution < -0.4 is 20.1 Å². The molecular formula is C17H27N3O3. The molecule has 0 unspecified atom stereocenters. The molecule has 23 heavy (non-hydrogen) atoms. The molecule has 6 heteroatoms. The van der Waals surface area contributed by atoms with Crippen LogP contribution in [0.2, 0.25) is 0 Å². The lowest BCUT2D eigenvalue weighted by atomic mass is 9.80. The maximum atomic E-state index is 10.1. The van der Waals surface area contributed by atoms with E-state index in [4.69, 9.17) is 9.47 Å². The maximum Gasteiger partial charge on any atom is 0.191 e. The second-order valence-electron chi connectivity index (χ2n) is 5.72. The van der Waals surface area contributed by atoms with Crippen LogP contribution in [0, 0.1) is 0 Å². The van der Waals surface area contributed by atoms with Crippen molar-refractivity contribution in [3.05, 3.63) is 24.3 Å².